The van der Waals surface area contributed by atoms with Crippen molar-refractivity contribution in [3.05, 3.63) is 35.4 Å². The Balaban J connectivity index is 2.08. The van der Waals surface area contributed by atoms with Gasteiger partial charge in [-0.25, -0.2) is 8.78 Å². The van der Waals surface area contributed by atoms with Gasteiger partial charge >= 0.3 is 0 Å². The minimum absolute atomic E-state index is 0.225. The molecule has 4 nitrogen and oxygen atoms in total. The second-order valence-electron chi connectivity index (χ2n) is 4.73. The maximum absolute atomic E-state index is 13.6. The van der Waals surface area contributed by atoms with Crippen molar-refractivity contribution in [1.82, 2.24) is 9.80 Å². The van der Waals surface area contributed by atoms with Gasteiger partial charge < -0.3 is 4.90 Å². The van der Waals surface area contributed by atoms with E-state index in [1.54, 1.807) is 6.92 Å². The summed E-state index contributed by atoms with van der Waals surface area (Å²) in [7, 11) is 0. The highest BCUT2D eigenvalue weighted by Gasteiger charge is 2.27. The number of rotatable bonds is 2. The van der Waals surface area contributed by atoms with Gasteiger partial charge in [-0.05, 0) is 19.1 Å². The van der Waals surface area contributed by atoms with E-state index in [4.69, 9.17) is 5.26 Å². The maximum Gasteiger partial charge on any atom is 0.259 e. The number of nitrogens with zero attached hydrogens (tertiary/aromatic N) is 3. The zero-order valence-electron chi connectivity index (χ0n) is 11.1. The predicted octanol–water partition coefficient (Wildman–Crippen LogP) is 1.63. The van der Waals surface area contributed by atoms with Gasteiger partial charge in [0, 0.05) is 26.2 Å². The molecular weight excluding hydrogens is 264 g/mol. The summed E-state index contributed by atoms with van der Waals surface area (Å²) in [6.45, 7) is 3.55. The minimum Gasteiger partial charge on any atom is -0.336 e. The number of nitriles is 1. The van der Waals surface area contributed by atoms with E-state index < -0.39 is 23.1 Å². The van der Waals surface area contributed by atoms with Gasteiger partial charge in [0.05, 0.1) is 12.1 Å². The summed E-state index contributed by atoms with van der Waals surface area (Å²) in [6, 6.07) is 5.28. The van der Waals surface area contributed by atoms with Crippen molar-refractivity contribution < 1.29 is 13.6 Å². The molecule has 0 aliphatic carbocycles. The van der Waals surface area contributed by atoms with Crippen molar-refractivity contribution in [2.24, 2.45) is 0 Å². The van der Waals surface area contributed by atoms with Crippen LogP contribution in [0.2, 0.25) is 0 Å². The minimum atomic E-state index is -0.845. The SMILES string of the molecule is CC(C#N)N1CCN(C(=O)c2c(F)cccc2F)CC1. The van der Waals surface area contributed by atoms with Gasteiger partial charge in [0.1, 0.15) is 17.2 Å². The van der Waals surface area contributed by atoms with Gasteiger partial charge in [0.25, 0.3) is 5.91 Å². The smallest absolute Gasteiger partial charge is 0.259 e. The highest BCUT2D eigenvalue weighted by molar-refractivity contribution is 5.94. The molecule has 106 valence electrons. The fourth-order valence-corrected chi connectivity index (χ4v) is 2.25. The molecule has 1 aromatic carbocycles. The molecule has 1 aromatic rings. The molecule has 1 aliphatic heterocycles. The van der Waals surface area contributed by atoms with Gasteiger partial charge in [0.2, 0.25) is 0 Å². The number of hydrogen-bond acceptors (Lipinski definition) is 3. The van der Waals surface area contributed by atoms with E-state index in [0.717, 1.165) is 12.1 Å². The van der Waals surface area contributed by atoms with Crippen molar-refractivity contribution >= 4 is 5.91 Å². The topological polar surface area (TPSA) is 47.3 Å². The summed E-state index contributed by atoms with van der Waals surface area (Å²) < 4.78 is 27.1. The number of piperazine rings is 1. The van der Waals surface area contributed by atoms with Gasteiger partial charge in [-0.15, -0.1) is 0 Å². The lowest BCUT2D eigenvalue weighted by atomic mass is 10.1. The second-order valence-corrected chi connectivity index (χ2v) is 4.73. The zero-order valence-corrected chi connectivity index (χ0v) is 11.1. The molecule has 0 aromatic heterocycles. The predicted molar refractivity (Wildman–Crippen MR) is 68.9 cm³/mol. The Hall–Kier alpha value is -2.00. The molecule has 0 spiro atoms. The molecule has 0 N–H and O–H groups in total. The zero-order chi connectivity index (χ0) is 14.7. The fourth-order valence-electron chi connectivity index (χ4n) is 2.25. The number of carbonyl (C=O) groups excluding carboxylic acids is 1. The average molecular weight is 279 g/mol. The van der Waals surface area contributed by atoms with Crippen LogP contribution in [0.4, 0.5) is 8.78 Å². The summed E-state index contributed by atoms with van der Waals surface area (Å²) in [4.78, 5) is 15.5. The van der Waals surface area contributed by atoms with Crippen molar-refractivity contribution in [3.8, 4) is 6.07 Å². The molecule has 2 rings (SSSR count). The Bertz CT molecular complexity index is 528. The van der Waals surface area contributed by atoms with Crippen LogP contribution in [0.25, 0.3) is 0 Å². The van der Waals surface area contributed by atoms with Crippen LogP contribution in [0.3, 0.4) is 0 Å². The van der Waals surface area contributed by atoms with Crippen LogP contribution in [0, 0.1) is 23.0 Å². The fraction of sp³-hybridized carbons (Fsp3) is 0.429. The standard InChI is InChI=1S/C14H15F2N3O/c1-10(9-17)18-5-7-19(8-6-18)14(20)13-11(15)3-2-4-12(13)16/h2-4,10H,5-8H2,1H3. The lowest BCUT2D eigenvalue weighted by molar-refractivity contribution is 0.0606. The van der Waals surface area contributed by atoms with E-state index in [1.165, 1.54) is 11.0 Å². The van der Waals surface area contributed by atoms with E-state index in [9.17, 15) is 13.6 Å². The first-order valence-corrected chi connectivity index (χ1v) is 6.41. The van der Waals surface area contributed by atoms with Crippen LogP contribution in [-0.4, -0.2) is 47.9 Å². The van der Waals surface area contributed by atoms with Gasteiger partial charge in [-0.1, -0.05) is 6.07 Å². The van der Waals surface area contributed by atoms with Gasteiger partial charge in [-0.3, -0.25) is 9.69 Å². The quantitative estimate of drug-likeness (QED) is 0.826. The first kappa shape index (κ1) is 14.4. The molecule has 1 unspecified atom stereocenters. The molecule has 1 fully saturated rings. The lowest BCUT2D eigenvalue weighted by Gasteiger charge is -2.35. The molecule has 1 aliphatic rings. The molecule has 0 bridgehead atoms. The Labute approximate surface area is 116 Å². The van der Waals surface area contributed by atoms with Crippen molar-refractivity contribution in [3.63, 3.8) is 0 Å². The summed E-state index contributed by atoms with van der Waals surface area (Å²) >= 11 is 0. The average Bonchev–Trinajstić information content (AvgIpc) is 2.46. The van der Waals surface area contributed by atoms with Crippen LogP contribution < -0.4 is 0 Å². The van der Waals surface area contributed by atoms with Crippen LogP contribution in [0.1, 0.15) is 17.3 Å². The number of benzene rings is 1. The molecule has 1 atom stereocenters. The third kappa shape index (κ3) is 2.78. The number of hydrogen-bond donors (Lipinski definition) is 0. The molecule has 1 saturated heterocycles. The Morgan fingerprint density at radius 3 is 2.30 bits per heavy atom. The second kappa shape index (κ2) is 5.97. The van der Waals surface area contributed by atoms with Crippen LogP contribution >= 0.6 is 0 Å². The first-order chi connectivity index (χ1) is 9.54. The number of carbonyl (C=O) groups is 1. The molecule has 0 saturated carbocycles. The van der Waals surface area contributed by atoms with E-state index >= 15 is 0 Å². The molecular formula is C14H15F2N3O. The molecule has 1 heterocycles. The van der Waals surface area contributed by atoms with Crippen LogP contribution in [0.5, 0.6) is 0 Å². The van der Waals surface area contributed by atoms with E-state index in [2.05, 4.69) is 6.07 Å². The lowest BCUT2D eigenvalue weighted by Crippen LogP contribution is -2.51. The van der Waals surface area contributed by atoms with E-state index in [0.29, 0.717) is 26.2 Å². The Morgan fingerprint density at radius 1 is 1.25 bits per heavy atom. The van der Waals surface area contributed by atoms with Crippen LogP contribution in [0.15, 0.2) is 18.2 Å². The van der Waals surface area contributed by atoms with Crippen molar-refractivity contribution in [1.29, 1.82) is 5.26 Å². The normalized spacial score (nSPS) is 17.6. The van der Waals surface area contributed by atoms with Gasteiger partial charge in [-0.2, -0.15) is 5.26 Å². The summed E-state index contributed by atoms with van der Waals surface area (Å²) in [5, 5.41) is 8.84. The van der Waals surface area contributed by atoms with Crippen LogP contribution in [-0.2, 0) is 0 Å². The summed E-state index contributed by atoms with van der Waals surface area (Å²) in [6.07, 6.45) is 0. The summed E-state index contributed by atoms with van der Waals surface area (Å²) in [5.74, 6) is -2.32. The van der Waals surface area contributed by atoms with Gasteiger partial charge in [0.15, 0.2) is 0 Å². The number of amides is 1. The van der Waals surface area contributed by atoms with E-state index in [1.807, 2.05) is 4.90 Å². The molecule has 20 heavy (non-hydrogen) atoms. The Kier molecular flexibility index (Phi) is 4.30. The monoisotopic (exact) mass is 279 g/mol. The van der Waals surface area contributed by atoms with E-state index in [-0.39, 0.29) is 6.04 Å². The largest absolute Gasteiger partial charge is 0.336 e. The Morgan fingerprint density at radius 2 is 1.80 bits per heavy atom. The van der Waals surface area contributed by atoms with Crippen molar-refractivity contribution in [2.45, 2.75) is 13.0 Å². The molecule has 6 heteroatoms. The first-order valence-electron chi connectivity index (χ1n) is 6.41. The third-order valence-corrected chi connectivity index (χ3v) is 3.51. The highest BCUT2D eigenvalue weighted by atomic mass is 19.1. The molecule has 1 amide bonds. The maximum atomic E-state index is 13.6. The summed E-state index contributed by atoms with van der Waals surface area (Å²) in [5.41, 5.74) is -0.505. The van der Waals surface area contributed by atoms with Crippen molar-refractivity contribution in [2.75, 3.05) is 26.2 Å². The highest BCUT2D eigenvalue weighted by Crippen LogP contribution is 2.16. The third-order valence-electron chi connectivity index (χ3n) is 3.51. The molecule has 0 radical (unpaired) electrons. The number of halogens is 2.